The largest absolute Gasteiger partial charge is 0.389 e. The van der Waals surface area contributed by atoms with Crippen LogP contribution in [0.4, 0.5) is 5.69 Å². The molecule has 0 unspecified atom stereocenters. The number of amides is 2. The summed E-state index contributed by atoms with van der Waals surface area (Å²) in [7, 11) is 0. The molecule has 2 fully saturated rings. The minimum absolute atomic E-state index is 0.134. The Kier molecular flexibility index (Phi) is 3.50. The molecule has 3 rings (SSSR count). The number of benzene rings is 1. The van der Waals surface area contributed by atoms with Crippen LogP contribution in [0.2, 0.25) is 5.02 Å². The highest BCUT2D eigenvalue weighted by Crippen LogP contribution is 2.48. The summed E-state index contributed by atoms with van der Waals surface area (Å²) in [5.41, 5.74) is 6.10. The van der Waals surface area contributed by atoms with Crippen molar-refractivity contribution in [1.29, 1.82) is 0 Å². The van der Waals surface area contributed by atoms with Gasteiger partial charge < -0.3 is 5.73 Å². The lowest BCUT2D eigenvalue weighted by atomic mass is 9.84. The van der Waals surface area contributed by atoms with E-state index in [-0.39, 0.29) is 23.2 Å². The zero-order valence-electron chi connectivity index (χ0n) is 11.4. The predicted octanol–water partition coefficient (Wildman–Crippen LogP) is 2.80. The van der Waals surface area contributed by atoms with Gasteiger partial charge in [0, 0.05) is 17.0 Å². The highest BCUT2D eigenvalue weighted by molar-refractivity contribution is 7.80. The summed E-state index contributed by atoms with van der Waals surface area (Å²) in [5, 5.41) is 0.443. The van der Waals surface area contributed by atoms with Gasteiger partial charge in [-0.3, -0.25) is 9.59 Å². The van der Waals surface area contributed by atoms with Crippen LogP contribution in [-0.2, 0) is 9.59 Å². The standard InChI is InChI=1S/C15H15ClN2O2S/c16-9-3-4-10(13(17)21)11(7-9)18-12(19)8-15(14(18)20)5-1-2-6-15/h3-4,7H,1-2,5-6,8H2,(H2,17,21). The van der Waals surface area contributed by atoms with Crippen molar-refractivity contribution in [1.82, 2.24) is 0 Å². The third-order valence-corrected chi connectivity index (χ3v) is 4.88. The first-order chi connectivity index (χ1) is 9.94. The summed E-state index contributed by atoms with van der Waals surface area (Å²) in [6, 6.07) is 4.88. The van der Waals surface area contributed by atoms with Gasteiger partial charge in [-0.25, -0.2) is 4.90 Å². The third-order valence-electron chi connectivity index (χ3n) is 4.42. The number of rotatable bonds is 2. The third kappa shape index (κ3) is 2.24. The van der Waals surface area contributed by atoms with Crippen LogP contribution < -0.4 is 10.6 Å². The van der Waals surface area contributed by atoms with E-state index in [4.69, 9.17) is 29.6 Å². The Labute approximate surface area is 133 Å². The maximum absolute atomic E-state index is 12.8. The van der Waals surface area contributed by atoms with Crippen molar-refractivity contribution in [3.8, 4) is 0 Å². The van der Waals surface area contributed by atoms with E-state index < -0.39 is 5.41 Å². The van der Waals surface area contributed by atoms with Crippen molar-refractivity contribution in [2.24, 2.45) is 11.1 Å². The van der Waals surface area contributed by atoms with Crippen LogP contribution >= 0.6 is 23.8 Å². The fourth-order valence-corrected chi connectivity index (χ4v) is 3.72. The van der Waals surface area contributed by atoms with E-state index >= 15 is 0 Å². The molecule has 0 bridgehead atoms. The highest BCUT2D eigenvalue weighted by Gasteiger charge is 2.53. The van der Waals surface area contributed by atoms with E-state index in [1.807, 2.05) is 0 Å². The maximum atomic E-state index is 12.8. The van der Waals surface area contributed by atoms with Crippen LogP contribution in [-0.4, -0.2) is 16.8 Å². The topological polar surface area (TPSA) is 63.4 Å². The van der Waals surface area contributed by atoms with Crippen molar-refractivity contribution < 1.29 is 9.59 Å². The Morgan fingerprint density at radius 3 is 2.57 bits per heavy atom. The fraction of sp³-hybridized carbons (Fsp3) is 0.400. The van der Waals surface area contributed by atoms with Crippen LogP contribution in [0.25, 0.3) is 0 Å². The van der Waals surface area contributed by atoms with Gasteiger partial charge in [0.2, 0.25) is 11.8 Å². The Morgan fingerprint density at radius 1 is 1.29 bits per heavy atom. The van der Waals surface area contributed by atoms with Crippen molar-refractivity contribution in [2.45, 2.75) is 32.1 Å². The number of hydrogen-bond donors (Lipinski definition) is 1. The number of nitrogens with two attached hydrogens (primary N) is 1. The molecule has 1 spiro atoms. The number of hydrogen-bond acceptors (Lipinski definition) is 3. The molecule has 0 atom stereocenters. The Morgan fingerprint density at radius 2 is 1.95 bits per heavy atom. The molecule has 1 aromatic carbocycles. The summed E-state index contributed by atoms with van der Waals surface area (Å²) in [6.07, 6.45) is 3.80. The summed E-state index contributed by atoms with van der Waals surface area (Å²) < 4.78 is 0. The second-order valence-electron chi connectivity index (χ2n) is 5.72. The zero-order chi connectivity index (χ0) is 15.2. The molecule has 1 aromatic rings. The molecular weight excluding hydrogens is 308 g/mol. The molecular formula is C15H15ClN2O2S. The van der Waals surface area contributed by atoms with Crippen molar-refractivity contribution in [3.05, 3.63) is 28.8 Å². The number of halogens is 1. The van der Waals surface area contributed by atoms with Crippen LogP contribution in [0.3, 0.4) is 0 Å². The molecule has 21 heavy (non-hydrogen) atoms. The van der Waals surface area contributed by atoms with Crippen LogP contribution in [0.15, 0.2) is 18.2 Å². The quantitative estimate of drug-likeness (QED) is 0.671. The molecule has 2 aliphatic rings. The summed E-state index contributed by atoms with van der Waals surface area (Å²) in [5.74, 6) is -0.327. The first-order valence-electron chi connectivity index (χ1n) is 6.91. The molecule has 2 N–H and O–H groups in total. The smallest absolute Gasteiger partial charge is 0.240 e. The second-order valence-corrected chi connectivity index (χ2v) is 6.60. The molecule has 1 saturated heterocycles. The van der Waals surface area contributed by atoms with Crippen molar-refractivity contribution >= 4 is 46.3 Å². The van der Waals surface area contributed by atoms with Gasteiger partial charge in [-0.2, -0.15) is 0 Å². The van der Waals surface area contributed by atoms with E-state index in [1.54, 1.807) is 18.2 Å². The van der Waals surface area contributed by atoms with Gasteiger partial charge in [-0.1, -0.05) is 36.7 Å². The zero-order valence-corrected chi connectivity index (χ0v) is 13.0. The molecule has 0 radical (unpaired) electrons. The fourth-order valence-electron chi connectivity index (χ4n) is 3.38. The van der Waals surface area contributed by atoms with E-state index in [9.17, 15) is 9.59 Å². The van der Waals surface area contributed by atoms with E-state index in [0.29, 0.717) is 16.3 Å². The number of nitrogens with zero attached hydrogens (tertiary/aromatic N) is 1. The van der Waals surface area contributed by atoms with Gasteiger partial charge in [0.25, 0.3) is 0 Å². The van der Waals surface area contributed by atoms with E-state index in [1.165, 1.54) is 4.90 Å². The molecule has 4 nitrogen and oxygen atoms in total. The summed E-state index contributed by atoms with van der Waals surface area (Å²) in [6.45, 7) is 0. The SMILES string of the molecule is NC(=S)c1ccc(Cl)cc1N1C(=O)CC2(CCCC2)C1=O. The highest BCUT2D eigenvalue weighted by atomic mass is 35.5. The summed E-state index contributed by atoms with van der Waals surface area (Å²) >= 11 is 11.0. The Hall–Kier alpha value is -1.46. The molecule has 1 saturated carbocycles. The number of imide groups is 1. The van der Waals surface area contributed by atoms with Gasteiger partial charge in [0.1, 0.15) is 4.99 Å². The number of carbonyl (C=O) groups is 2. The predicted molar refractivity (Wildman–Crippen MR) is 85.4 cm³/mol. The van der Waals surface area contributed by atoms with Gasteiger partial charge >= 0.3 is 0 Å². The molecule has 2 amide bonds. The van der Waals surface area contributed by atoms with Crippen LogP contribution in [0.5, 0.6) is 0 Å². The van der Waals surface area contributed by atoms with Gasteiger partial charge in [0.15, 0.2) is 0 Å². The van der Waals surface area contributed by atoms with Crippen molar-refractivity contribution in [3.63, 3.8) is 0 Å². The molecule has 1 aliphatic carbocycles. The van der Waals surface area contributed by atoms with Gasteiger partial charge in [0.05, 0.1) is 11.1 Å². The molecule has 0 aromatic heterocycles. The lowest BCUT2D eigenvalue weighted by Crippen LogP contribution is -2.35. The number of thiocarbonyl (C=S) groups is 1. The van der Waals surface area contributed by atoms with E-state index in [2.05, 4.69) is 0 Å². The van der Waals surface area contributed by atoms with E-state index in [0.717, 1.165) is 25.7 Å². The van der Waals surface area contributed by atoms with Gasteiger partial charge in [-0.05, 0) is 31.0 Å². The number of anilines is 1. The lowest BCUT2D eigenvalue weighted by molar-refractivity contribution is -0.125. The average molecular weight is 323 g/mol. The molecule has 1 heterocycles. The Bertz CT molecular complexity index is 653. The normalized spacial score (nSPS) is 20.5. The van der Waals surface area contributed by atoms with Crippen LogP contribution in [0, 0.1) is 5.41 Å². The molecule has 110 valence electrons. The van der Waals surface area contributed by atoms with Crippen LogP contribution in [0.1, 0.15) is 37.7 Å². The first kappa shape index (κ1) is 14.5. The molecule has 1 aliphatic heterocycles. The number of carbonyl (C=O) groups excluding carboxylic acids is 2. The average Bonchev–Trinajstić information content (AvgIpc) is 2.96. The second kappa shape index (κ2) is 5.07. The van der Waals surface area contributed by atoms with Crippen molar-refractivity contribution in [2.75, 3.05) is 4.90 Å². The minimum Gasteiger partial charge on any atom is -0.389 e. The minimum atomic E-state index is -0.521. The Balaban J connectivity index is 2.08. The maximum Gasteiger partial charge on any atom is 0.240 e. The first-order valence-corrected chi connectivity index (χ1v) is 7.70. The monoisotopic (exact) mass is 322 g/mol. The summed E-state index contributed by atoms with van der Waals surface area (Å²) in [4.78, 5) is 26.6. The van der Waals surface area contributed by atoms with Gasteiger partial charge in [-0.15, -0.1) is 0 Å². The lowest BCUT2D eigenvalue weighted by Gasteiger charge is -2.22. The molecule has 6 heteroatoms.